The highest BCUT2D eigenvalue weighted by Crippen LogP contribution is 2.16. The molecule has 0 rings (SSSR count). The van der Waals surface area contributed by atoms with Crippen LogP contribution in [0.15, 0.2) is 122 Å². The molecule has 0 amide bonds. The summed E-state index contributed by atoms with van der Waals surface area (Å²) in [5.74, 6) is -0.914. The number of rotatable bonds is 59. The van der Waals surface area contributed by atoms with Gasteiger partial charge in [-0.15, -0.1) is 0 Å². The molecule has 0 aliphatic heterocycles. The number of esters is 3. The lowest BCUT2D eigenvalue weighted by atomic mass is 10.1. The van der Waals surface area contributed by atoms with Gasteiger partial charge in [-0.25, -0.2) is 0 Å². The fraction of sp³-hybridized carbons (Fsp3) is 0.685. The molecule has 0 saturated heterocycles. The Hall–Kier alpha value is -4.19. The number of hydrogen-bond donors (Lipinski definition) is 0. The summed E-state index contributed by atoms with van der Waals surface area (Å²) >= 11 is 0. The van der Waals surface area contributed by atoms with E-state index in [1.165, 1.54) is 122 Å². The van der Waals surface area contributed by atoms with E-state index in [4.69, 9.17) is 14.2 Å². The van der Waals surface area contributed by atoms with Crippen molar-refractivity contribution in [2.24, 2.45) is 0 Å². The fourth-order valence-corrected chi connectivity index (χ4v) is 9.04. The Balaban J connectivity index is 4.39. The van der Waals surface area contributed by atoms with Crippen molar-refractivity contribution in [3.8, 4) is 0 Å². The maximum atomic E-state index is 12.9. The van der Waals surface area contributed by atoms with Crippen LogP contribution in [-0.2, 0) is 28.6 Å². The molecule has 0 bridgehead atoms. The predicted octanol–water partition coefficient (Wildman–Crippen LogP) is 22.8. The molecule has 0 saturated carbocycles. The molecule has 450 valence electrons. The van der Waals surface area contributed by atoms with Crippen molar-refractivity contribution >= 4 is 17.9 Å². The Morgan fingerprint density at radius 1 is 0.266 bits per heavy atom. The van der Waals surface area contributed by atoms with Crippen LogP contribution in [0.3, 0.4) is 0 Å². The van der Waals surface area contributed by atoms with Crippen LogP contribution in [0.5, 0.6) is 0 Å². The van der Waals surface area contributed by atoms with Gasteiger partial charge in [0.25, 0.3) is 0 Å². The van der Waals surface area contributed by atoms with Gasteiger partial charge in [0.05, 0.1) is 0 Å². The maximum Gasteiger partial charge on any atom is 0.306 e. The van der Waals surface area contributed by atoms with Gasteiger partial charge in [0.15, 0.2) is 6.10 Å². The average Bonchev–Trinajstić information content (AvgIpc) is 3.45. The van der Waals surface area contributed by atoms with Crippen molar-refractivity contribution in [2.75, 3.05) is 13.2 Å². The minimum Gasteiger partial charge on any atom is -0.462 e. The van der Waals surface area contributed by atoms with Crippen LogP contribution < -0.4 is 0 Å². The topological polar surface area (TPSA) is 78.9 Å². The second-order valence-electron chi connectivity index (χ2n) is 21.6. The van der Waals surface area contributed by atoms with Gasteiger partial charge in [-0.3, -0.25) is 14.4 Å². The first-order valence-corrected chi connectivity index (χ1v) is 33.0. The summed E-state index contributed by atoms with van der Waals surface area (Å²) in [6, 6.07) is 0. The van der Waals surface area contributed by atoms with E-state index < -0.39 is 6.10 Å². The van der Waals surface area contributed by atoms with Crippen molar-refractivity contribution in [3.63, 3.8) is 0 Å². The lowest BCUT2D eigenvalue weighted by Crippen LogP contribution is -2.30. The molecule has 0 aromatic heterocycles. The maximum absolute atomic E-state index is 12.9. The van der Waals surface area contributed by atoms with Gasteiger partial charge in [-0.1, -0.05) is 277 Å². The van der Waals surface area contributed by atoms with Gasteiger partial charge in [-0.2, -0.15) is 0 Å². The fourth-order valence-electron chi connectivity index (χ4n) is 9.04. The first-order chi connectivity index (χ1) is 39.0. The molecule has 1 unspecified atom stereocenters. The minimum atomic E-state index is -0.797. The lowest BCUT2D eigenvalue weighted by molar-refractivity contribution is -0.167. The number of ether oxygens (including phenoxy) is 3. The molecule has 0 aromatic rings. The van der Waals surface area contributed by atoms with E-state index in [1.54, 1.807) is 0 Å². The molecule has 6 heteroatoms. The van der Waals surface area contributed by atoms with Crippen LogP contribution in [0.4, 0.5) is 0 Å². The molecule has 1 atom stereocenters. The summed E-state index contributed by atoms with van der Waals surface area (Å²) in [5, 5.41) is 0. The van der Waals surface area contributed by atoms with Gasteiger partial charge in [0, 0.05) is 19.3 Å². The summed E-state index contributed by atoms with van der Waals surface area (Å²) in [6.07, 6.45) is 92.0. The zero-order valence-corrected chi connectivity index (χ0v) is 51.6. The molecular formula is C73H122O6. The summed E-state index contributed by atoms with van der Waals surface area (Å²) in [7, 11) is 0. The first-order valence-electron chi connectivity index (χ1n) is 33.0. The molecule has 0 heterocycles. The van der Waals surface area contributed by atoms with E-state index in [0.29, 0.717) is 19.3 Å². The monoisotopic (exact) mass is 1090 g/mol. The van der Waals surface area contributed by atoms with Gasteiger partial charge in [-0.05, 0) is 128 Å². The number of carbonyl (C=O) groups is 3. The van der Waals surface area contributed by atoms with Crippen LogP contribution in [0.1, 0.15) is 303 Å². The van der Waals surface area contributed by atoms with Gasteiger partial charge in [0.2, 0.25) is 0 Å². The highest BCUT2D eigenvalue weighted by molar-refractivity contribution is 5.71. The molecule has 0 aliphatic rings. The Morgan fingerprint density at radius 2 is 0.494 bits per heavy atom. The van der Waals surface area contributed by atoms with E-state index in [0.717, 1.165) is 141 Å². The van der Waals surface area contributed by atoms with Crippen LogP contribution in [0.25, 0.3) is 0 Å². The predicted molar refractivity (Wildman–Crippen MR) is 343 cm³/mol. The summed E-state index contributed by atoms with van der Waals surface area (Å²) in [4.78, 5) is 38.4. The molecule has 79 heavy (non-hydrogen) atoms. The van der Waals surface area contributed by atoms with Crippen LogP contribution >= 0.6 is 0 Å². The number of unbranched alkanes of at least 4 members (excludes halogenated alkanes) is 28. The van der Waals surface area contributed by atoms with Gasteiger partial charge < -0.3 is 14.2 Å². The van der Waals surface area contributed by atoms with Gasteiger partial charge in [0.1, 0.15) is 13.2 Å². The molecule has 0 N–H and O–H groups in total. The molecule has 0 spiro atoms. The zero-order chi connectivity index (χ0) is 57.1. The molecule has 0 radical (unpaired) electrons. The number of carbonyl (C=O) groups excluding carboxylic acids is 3. The van der Waals surface area contributed by atoms with Crippen molar-refractivity contribution in [1.82, 2.24) is 0 Å². The van der Waals surface area contributed by atoms with Crippen molar-refractivity contribution in [1.29, 1.82) is 0 Å². The Morgan fingerprint density at radius 3 is 0.772 bits per heavy atom. The summed E-state index contributed by atoms with van der Waals surface area (Å²) in [6.45, 7) is 6.40. The molecule has 0 fully saturated rings. The van der Waals surface area contributed by atoms with E-state index in [1.807, 2.05) is 0 Å². The quantitative estimate of drug-likeness (QED) is 0.0261. The Labute approximate surface area is 488 Å². The van der Waals surface area contributed by atoms with E-state index in [2.05, 4.69) is 142 Å². The minimum absolute atomic E-state index is 0.0910. The van der Waals surface area contributed by atoms with Crippen molar-refractivity contribution < 1.29 is 28.6 Å². The van der Waals surface area contributed by atoms with E-state index >= 15 is 0 Å². The van der Waals surface area contributed by atoms with Crippen molar-refractivity contribution in [3.05, 3.63) is 122 Å². The summed E-state index contributed by atoms with van der Waals surface area (Å²) < 4.78 is 16.9. The SMILES string of the molecule is CC/C=C\C/C=C\C/C=C\C/C=C\CCCCCCCCCCC(=O)OC(COC(=O)CCCCCCC/C=C\C/C=C\C/C=C\CC)COC(=O)CCCCCCCCCCCC/C=C\C/C=C\C/C=C\CCCCCCC. The van der Waals surface area contributed by atoms with E-state index in [-0.39, 0.29) is 31.1 Å². The average molecular weight is 1100 g/mol. The number of allylic oxidation sites excluding steroid dienone is 20. The first kappa shape index (κ1) is 74.8. The molecule has 0 aliphatic carbocycles. The Kier molecular flexibility index (Phi) is 62.8. The van der Waals surface area contributed by atoms with Gasteiger partial charge >= 0.3 is 17.9 Å². The Bertz CT molecular complexity index is 1640. The highest BCUT2D eigenvalue weighted by atomic mass is 16.6. The van der Waals surface area contributed by atoms with Crippen LogP contribution in [0.2, 0.25) is 0 Å². The van der Waals surface area contributed by atoms with Crippen LogP contribution in [0, 0.1) is 0 Å². The van der Waals surface area contributed by atoms with E-state index in [9.17, 15) is 14.4 Å². The van der Waals surface area contributed by atoms with Crippen molar-refractivity contribution in [2.45, 2.75) is 309 Å². The third-order valence-corrected chi connectivity index (χ3v) is 13.9. The number of hydrogen-bond acceptors (Lipinski definition) is 6. The zero-order valence-electron chi connectivity index (χ0n) is 51.6. The lowest BCUT2D eigenvalue weighted by Gasteiger charge is -2.18. The standard InChI is InChI=1S/C73H122O6/c1-4-7-10-13-16-19-22-25-28-30-32-34-35-36-37-39-40-42-45-48-51-54-57-60-63-66-72(75)78-69-70(68-77-71(74)65-62-59-56-53-50-47-44-27-24-21-18-15-12-9-6-3)79-73(76)67-64-61-58-55-52-49-46-43-41-38-33-31-29-26-23-20-17-14-11-8-5-2/h8-9,11-12,17-18,20-22,25-27,29-30,32-33,35-36,38,44,70H,4-7,10,13-16,19,23-24,28,31,34,37,39-43,45-69H2,1-3H3/b11-8-,12-9-,20-17-,21-18-,25-22-,29-26-,32-30-,36-35-,38-33-,44-27-. The smallest absolute Gasteiger partial charge is 0.306 e. The molecular weight excluding hydrogens is 973 g/mol. The summed E-state index contributed by atoms with van der Waals surface area (Å²) in [5.41, 5.74) is 0. The largest absolute Gasteiger partial charge is 0.462 e. The molecule has 0 aromatic carbocycles. The normalized spacial score (nSPS) is 12.9. The molecule has 6 nitrogen and oxygen atoms in total. The second-order valence-corrected chi connectivity index (χ2v) is 21.6. The highest BCUT2D eigenvalue weighted by Gasteiger charge is 2.19. The third-order valence-electron chi connectivity index (χ3n) is 13.9. The second kappa shape index (κ2) is 66.3. The van der Waals surface area contributed by atoms with Crippen LogP contribution in [-0.4, -0.2) is 37.2 Å². The third kappa shape index (κ3) is 64.5.